The first-order valence-electron chi connectivity index (χ1n) is 9.04. The monoisotopic (exact) mass is 403 g/mol. The molecule has 1 aliphatic carbocycles. The number of rotatable bonds is 3. The van der Waals surface area contributed by atoms with Gasteiger partial charge < -0.3 is 4.90 Å². The first kappa shape index (κ1) is 16.7. The van der Waals surface area contributed by atoms with Crippen molar-refractivity contribution < 1.29 is 4.79 Å². The van der Waals surface area contributed by atoms with Gasteiger partial charge in [0.1, 0.15) is 6.54 Å². The van der Waals surface area contributed by atoms with Gasteiger partial charge >= 0.3 is 0 Å². The number of benzene rings is 1. The largest absolute Gasteiger partial charge is 0.338 e. The number of tetrazole rings is 1. The molecule has 0 bridgehead atoms. The lowest BCUT2D eigenvalue weighted by atomic mass is 9.78. The minimum absolute atomic E-state index is 0.118. The summed E-state index contributed by atoms with van der Waals surface area (Å²) in [6.45, 7) is 1.03. The Kier molecular flexibility index (Phi) is 4.83. The lowest BCUT2D eigenvalue weighted by Crippen LogP contribution is -2.50. The van der Waals surface area contributed by atoms with Crippen molar-refractivity contribution in [3.05, 3.63) is 28.7 Å². The quantitative estimate of drug-likeness (QED) is 0.788. The third-order valence-corrected chi connectivity index (χ3v) is 6.10. The Labute approximate surface area is 155 Å². The summed E-state index contributed by atoms with van der Waals surface area (Å²) in [7, 11) is 0. The van der Waals surface area contributed by atoms with Gasteiger partial charge in [0.25, 0.3) is 0 Å². The van der Waals surface area contributed by atoms with Gasteiger partial charge in [-0.2, -0.15) is 4.80 Å². The van der Waals surface area contributed by atoms with Crippen molar-refractivity contribution in [2.45, 2.75) is 51.1 Å². The van der Waals surface area contributed by atoms with Crippen molar-refractivity contribution >= 4 is 21.8 Å². The summed E-state index contributed by atoms with van der Waals surface area (Å²) >= 11 is 3.50. The van der Waals surface area contributed by atoms with Crippen LogP contribution >= 0.6 is 15.9 Å². The molecule has 4 rings (SSSR count). The molecule has 1 saturated carbocycles. The van der Waals surface area contributed by atoms with E-state index in [-0.39, 0.29) is 12.5 Å². The normalized spacial score (nSPS) is 23.3. The molecule has 0 radical (unpaired) electrons. The second kappa shape index (κ2) is 7.23. The molecule has 132 valence electrons. The zero-order valence-electron chi connectivity index (χ0n) is 14.1. The molecule has 25 heavy (non-hydrogen) atoms. The standard InChI is InChI=1S/C18H22BrN5O/c19-15-9-3-2-8-14(15)18-20-22-24(21-18)12-17(25)23-11-5-7-13-6-1-4-10-16(13)23/h2-3,8-9,13,16H,1,4-7,10-12H2/t13-,16-/m1/s1. The molecule has 2 fully saturated rings. The van der Waals surface area contributed by atoms with Crippen molar-refractivity contribution in [3.63, 3.8) is 0 Å². The molecule has 2 aliphatic rings. The Morgan fingerprint density at radius 2 is 1.96 bits per heavy atom. The topological polar surface area (TPSA) is 63.9 Å². The Hall–Kier alpha value is -1.76. The van der Waals surface area contributed by atoms with Crippen LogP contribution in [0.1, 0.15) is 38.5 Å². The molecule has 2 aromatic rings. The number of carbonyl (C=O) groups excluding carboxylic acids is 1. The summed E-state index contributed by atoms with van der Waals surface area (Å²) in [5.74, 6) is 1.34. The van der Waals surface area contributed by atoms with Gasteiger partial charge in [-0.1, -0.05) is 40.9 Å². The average molecular weight is 404 g/mol. The fraction of sp³-hybridized carbons (Fsp3) is 0.556. The first-order chi connectivity index (χ1) is 12.2. The SMILES string of the molecule is O=C(Cn1nnc(-c2ccccc2Br)n1)N1CCC[C@H]2CCCC[C@H]21. The van der Waals surface area contributed by atoms with Gasteiger partial charge in [0.2, 0.25) is 11.7 Å². The minimum atomic E-state index is 0.118. The molecule has 0 unspecified atom stereocenters. The summed E-state index contributed by atoms with van der Waals surface area (Å²) in [5, 5.41) is 12.6. The lowest BCUT2D eigenvalue weighted by molar-refractivity contribution is -0.138. The smallest absolute Gasteiger partial charge is 0.246 e. The second-order valence-corrected chi connectivity index (χ2v) is 7.82. The molecule has 2 heterocycles. The van der Waals surface area contributed by atoms with Gasteiger partial charge in [0.15, 0.2) is 0 Å². The number of halogens is 1. The van der Waals surface area contributed by atoms with E-state index in [0.29, 0.717) is 17.8 Å². The Morgan fingerprint density at radius 3 is 2.84 bits per heavy atom. The summed E-state index contributed by atoms with van der Waals surface area (Å²) in [6, 6.07) is 8.17. The van der Waals surface area contributed by atoms with E-state index in [1.807, 2.05) is 24.3 Å². The van der Waals surface area contributed by atoms with E-state index in [0.717, 1.165) is 29.4 Å². The number of nitrogens with zero attached hydrogens (tertiary/aromatic N) is 5. The molecule has 6 nitrogen and oxygen atoms in total. The second-order valence-electron chi connectivity index (χ2n) is 6.96. The van der Waals surface area contributed by atoms with E-state index < -0.39 is 0 Å². The average Bonchev–Trinajstić information content (AvgIpc) is 3.09. The van der Waals surface area contributed by atoms with Crippen LogP contribution < -0.4 is 0 Å². The molecule has 1 saturated heterocycles. The third-order valence-electron chi connectivity index (χ3n) is 5.41. The number of likely N-dealkylation sites (tertiary alicyclic amines) is 1. The molecule has 0 spiro atoms. The number of amides is 1. The molecule has 7 heteroatoms. The van der Waals surface area contributed by atoms with Crippen molar-refractivity contribution in [1.82, 2.24) is 25.1 Å². The third kappa shape index (κ3) is 3.47. The fourth-order valence-electron chi connectivity index (χ4n) is 4.21. The number of aromatic nitrogens is 4. The van der Waals surface area contributed by atoms with E-state index >= 15 is 0 Å². The van der Waals surface area contributed by atoms with Crippen LogP contribution in [0.2, 0.25) is 0 Å². The predicted molar refractivity (Wildman–Crippen MR) is 97.6 cm³/mol. The number of fused-ring (bicyclic) bond motifs is 1. The van der Waals surface area contributed by atoms with Crippen LogP contribution in [-0.4, -0.2) is 43.6 Å². The molecule has 1 aromatic heterocycles. The van der Waals surface area contributed by atoms with Crippen LogP contribution in [0, 0.1) is 5.92 Å². The van der Waals surface area contributed by atoms with Crippen molar-refractivity contribution in [3.8, 4) is 11.4 Å². The van der Waals surface area contributed by atoms with Gasteiger partial charge in [0.05, 0.1) is 0 Å². The fourth-order valence-corrected chi connectivity index (χ4v) is 4.67. The Balaban J connectivity index is 1.47. The molecule has 1 aliphatic heterocycles. The maximum Gasteiger partial charge on any atom is 0.246 e. The minimum Gasteiger partial charge on any atom is -0.338 e. The van der Waals surface area contributed by atoms with Crippen LogP contribution in [-0.2, 0) is 11.3 Å². The number of hydrogen-bond donors (Lipinski definition) is 0. The number of hydrogen-bond acceptors (Lipinski definition) is 4. The molecular weight excluding hydrogens is 382 g/mol. The first-order valence-corrected chi connectivity index (χ1v) is 9.84. The summed E-state index contributed by atoms with van der Waals surface area (Å²) in [4.78, 5) is 16.3. The molecule has 2 atom stereocenters. The summed E-state index contributed by atoms with van der Waals surface area (Å²) < 4.78 is 0.918. The van der Waals surface area contributed by atoms with Crippen molar-refractivity contribution in [1.29, 1.82) is 0 Å². The van der Waals surface area contributed by atoms with Crippen LogP contribution in [0.5, 0.6) is 0 Å². The molecular formula is C18H22BrN5O. The van der Waals surface area contributed by atoms with Gasteiger partial charge in [-0.15, -0.1) is 10.2 Å². The zero-order valence-corrected chi connectivity index (χ0v) is 15.7. The van der Waals surface area contributed by atoms with E-state index in [4.69, 9.17) is 0 Å². The van der Waals surface area contributed by atoms with E-state index in [9.17, 15) is 4.79 Å². The highest BCUT2D eigenvalue weighted by molar-refractivity contribution is 9.10. The van der Waals surface area contributed by atoms with Crippen molar-refractivity contribution in [2.75, 3.05) is 6.54 Å². The van der Waals surface area contributed by atoms with E-state index in [2.05, 4.69) is 36.2 Å². The van der Waals surface area contributed by atoms with Crippen molar-refractivity contribution in [2.24, 2.45) is 5.92 Å². The van der Waals surface area contributed by atoms with Crippen LogP contribution in [0.25, 0.3) is 11.4 Å². The van der Waals surface area contributed by atoms with Gasteiger partial charge in [-0.3, -0.25) is 4.79 Å². The molecule has 0 N–H and O–H groups in total. The highest BCUT2D eigenvalue weighted by atomic mass is 79.9. The highest BCUT2D eigenvalue weighted by Gasteiger charge is 2.35. The van der Waals surface area contributed by atoms with Crippen LogP contribution in [0.4, 0.5) is 0 Å². The van der Waals surface area contributed by atoms with E-state index in [1.165, 1.54) is 30.5 Å². The van der Waals surface area contributed by atoms with Crippen LogP contribution in [0.15, 0.2) is 28.7 Å². The van der Waals surface area contributed by atoms with Gasteiger partial charge in [-0.25, -0.2) is 0 Å². The molecule has 1 aromatic carbocycles. The summed E-state index contributed by atoms with van der Waals surface area (Å²) in [5.41, 5.74) is 0.881. The maximum absolute atomic E-state index is 12.8. The molecule has 1 amide bonds. The summed E-state index contributed by atoms with van der Waals surface area (Å²) in [6.07, 6.45) is 7.33. The Morgan fingerprint density at radius 1 is 1.16 bits per heavy atom. The van der Waals surface area contributed by atoms with Gasteiger partial charge in [0, 0.05) is 22.6 Å². The zero-order chi connectivity index (χ0) is 17.2. The Bertz CT molecular complexity index is 759. The number of carbonyl (C=O) groups is 1. The van der Waals surface area contributed by atoms with Gasteiger partial charge in [-0.05, 0) is 48.9 Å². The highest BCUT2D eigenvalue weighted by Crippen LogP contribution is 2.35. The van der Waals surface area contributed by atoms with Crippen LogP contribution in [0.3, 0.4) is 0 Å². The van der Waals surface area contributed by atoms with E-state index in [1.54, 1.807) is 0 Å². The number of piperidine rings is 1. The predicted octanol–water partition coefficient (Wildman–Crippen LogP) is 3.28. The lowest BCUT2D eigenvalue weighted by Gasteiger charge is -2.44. The maximum atomic E-state index is 12.8.